The summed E-state index contributed by atoms with van der Waals surface area (Å²) in [7, 11) is -1.56. The molecule has 1 aromatic carbocycles. The van der Waals surface area contributed by atoms with E-state index in [1.54, 1.807) is 0 Å². The molecule has 1 aliphatic carbocycles. The van der Waals surface area contributed by atoms with E-state index in [1.807, 2.05) is 0 Å². The third-order valence-electron chi connectivity index (χ3n) is 7.98. The minimum atomic E-state index is -1.56. The van der Waals surface area contributed by atoms with Crippen LogP contribution >= 0.6 is 0 Å². The molecule has 2 heteroatoms. The molecule has 0 radical (unpaired) electrons. The first-order valence-corrected chi connectivity index (χ1v) is 15.8. The van der Waals surface area contributed by atoms with Crippen molar-refractivity contribution in [3.05, 3.63) is 48.6 Å². The zero-order valence-electron chi connectivity index (χ0n) is 20.2. The van der Waals surface area contributed by atoms with E-state index in [4.69, 9.17) is 0 Å². The number of aliphatic hydroxyl groups is 1. The molecule has 1 aliphatic rings. The standard InChI is InChI=1S/C28H48OSi/c1-5-9-22-30(23-10-6-2,24-11-7-3)25-27(8-4,26-18-14-12-15-19-26)28(29)20-16-13-17-21-28/h8,12,14-15,18-19,29H,4-7,9-11,13,16-17,20-25H2,1-3H3. The van der Waals surface area contributed by atoms with Gasteiger partial charge in [0, 0.05) is 5.41 Å². The number of benzene rings is 1. The number of unbranched alkanes of at least 4 members (excludes halogenated alkanes) is 3. The molecule has 1 atom stereocenters. The van der Waals surface area contributed by atoms with Gasteiger partial charge in [0.25, 0.3) is 0 Å². The highest BCUT2D eigenvalue weighted by Gasteiger charge is 2.53. The summed E-state index contributed by atoms with van der Waals surface area (Å²) < 4.78 is 0. The van der Waals surface area contributed by atoms with Gasteiger partial charge in [-0.05, 0) is 24.4 Å². The summed E-state index contributed by atoms with van der Waals surface area (Å²) in [5.74, 6) is 0. The predicted octanol–water partition coefficient (Wildman–Crippen LogP) is 8.65. The molecular weight excluding hydrogens is 380 g/mol. The van der Waals surface area contributed by atoms with Crippen LogP contribution in [0.1, 0.15) is 97.0 Å². The van der Waals surface area contributed by atoms with Crippen molar-refractivity contribution in [1.82, 2.24) is 0 Å². The van der Waals surface area contributed by atoms with Crippen LogP contribution in [0.4, 0.5) is 0 Å². The Bertz CT molecular complexity index is 583. The Labute approximate surface area is 188 Å². The van der Waals surface area contributed by atoms with E-state index in [9.17, 15) is 5.11 Å². The molecule has 0 heterocycles. The Morgan fingerprint density at radius 1 is 0.900 bits per heavy atom. The first kappa shape index (κ1) is 25.4. The molecule has 1 nitrogen and oxygen atoms in total. The quantitative estimate of drug-likeness (QED) is 0.232. The molecule has 0 aromatic heterocycles. The van der Waals surface area contributed by atoms with Gasteiger partial charge in [0.05, 0.1) is 13.7 Å². The van der Waals surface area contributed by atoms with Crippen molar-refractivity contribution in [2.75, 3.05) is 0 Å². The lowest BCUT2D eigenvalue weighted by Crippen LogP contribution is -2.56. The molecule has 1 unspecified atom stereocenters. The van der Waals surface area contributed by atoms with Gasteiger partial charge in [-0.2, -0.15) is 0 Å². The molecule has 0 amide bonds. The lowest BCUT2D eigenvalue weighted by molar-refractivity contribution is -0.0452. The molecule has 1 saturated carbocycles. The fourth-order valence-electron chi connectivity index (χ4n) is 6.12. The molecule has 0 bridgehead atoms. The lowest BCUT2D eigenvalue weighted by Gasteiger charge is -2.52. The summed E-state index contributed by atoms with van der Waals surface area (Å²) >= 11 is 0. The van der Waals surface area contributed by atoms with Crippen LogP contribution in [0.5, 0.6) is 0 Å². The lowest BCUT2D eigenvalue weighted by atomic mass is 9.62. The second-order valence-corrected chi connectivity index (χ2v) is 15.0. The van der Waals surface area contributed by atoms with Crippen LogP contribution in [0.2, 0.25) is 24.2 Å². The normalized spacial score (nSPS) is 18.7. The number of hydrogen-bond acceptors (Lipinski definition) is 1. The van der Waals surface area contributed by atoms with Crippen LogP contribution < -0.4 is 0 Å². The topological polar surface area (TPSA) is 20.2 Å². The Morgan fingerprint density at radius 3 is 1.83 bits per heavy atom. The van der Waals surface area contributed by atoms with Crippen molar-refractivity contribution < 1.29 is 5.11 Å². The highest BCUT2D eigenvalue weighted by atomic mass is 28.3. The molecule has 2 rings (SSSR count). The highest BCUT2D eigenvalue weighted by Crippen LogP contribution is 2.52. The van der Waals surface area contributed by atoms with Gasteiger partial charge in [-0.3, -0.25) is 0 Å². The van der Waals surface area contributed by atoms with Crippen LogP contribution in [0, 0.1) is 0 Å². The smallest absolute Gasteiger partial charge is 0.0775 e. The van der Waals surface area contributed by atoms with Gasteiger partial charge < -0.3 is 5.11 Å². The second-order valence-electron chi connectivity index (χ2n) is 10.1. The fraction of sp³-hybridized carbons (Fsp3) is 0.714. The van der Waals surface area contributed by atoms with E-state index in [-0.39, 0.29) is 5.41 Å². The minimum Gasteiger partial charge on any atom is -0.389 e. The van der Waals surface area contributed by atoms with Crippen molar-refractivity contribution in [2.24, 2.45) is 0 Å². The van der Waals surface area contributed by atoms with Gasteiger partial charge in [0.2, 0.25) is 0 Å². The van der Waals surface area contributed by atoms with Crippen molar-refractivity contribution in [1.29, 1.82) is 0 Å². The minimum absolute atomic E-state index is 0.296. The molecule has 0 spiro atoms. The largest absolute Gasteiger partial charge is 0.389 e. The van der Waals surface area contributed by atoms with E-state index in [0.717, 1.165) is 25.7 Å². The van der Waals surface area contributed by atoms with Gasteiger partial charge in [0.1, 0.15) is 0 Å². The first-order chi connectivity index (χ1) is 14.5. The SMILES string of the molecule is C=CC(C[Si](CCCC)(CCCC)CCCC)(c1ccccc1)C1(O)CCCCC1. The maximum absolute atomic E-state index is 12.2. The van der Waals surface area contributed by atoms with Crippen molar-refractivity contribution in [2.45, 2.75) is 127 Å². The van der Waals surface area contributed by atoms with Crippen LogP contribution in [-0.2, 0) is 5.41 Å². The summed E-state index contributed by atoms with van der Waals surface area (Å²) in [6.07, 6.45) is 15.5. The number of rotatable bonds is 14. The summed E-state index contributed by atoms with van der Waals surface area (Å²) in [5.41, 5.74) is 0.374. The van der Waals surface area contributed by atoms with Crippen LogP contribution in [0.3, 0.4) is 0 Å². The molecule has 0 saturated heterocycles. The Morgan fingerprint density at radius 2 is 1.40 bits per heavy atom. The fourth-order valence-corrected chi connectivity index (χ4v) is 12.6. The Balaban J connectivity index is 2.56. The van der Waals surface area contributed by atoms with Gasteiger partial charge in [-0.25, -0.2) is 0 Å². The summed E-state index contributed by atoms with van der Waals surface area (Å²) in [5, 5.41) is 12.2. The van der Waals surface area contributed by atoms with E-state index in [0.29, 0.717) is 0 Å². The Hall–Kier alpha value is -0.863. The molecular formula is C28H48OSi. The average Bonchev–Trinajstić information content (AvgIpc) is 2.79. The van der Waals surface area contributed by atoms with Crippen molar-refractivity contribution >= 4 is 8.07 Å². The van der Waals surface area contributed by atoms with E-state index in [2.05, 4.69) is 63.8 Å². The summed E-state index contributed by atoms with van der Waals surface area (Å²) in [4.78, 5) is 0. The maximum atomic E-state index is 12.2. The third kappa shape index (κ3) is 5.88. The Kier molecular flexibility index (Phi) is 10.4. The van der Waals surface area contributed by atoms with Gasteiger partial charge in [-0.15, -0.1) is 6.58 Å². The molecule has 170 valence electrons. The maximum Gasteiger partial charge on any atom is 0.0775 e. The van der Waals surface area contributed by atoms with Crippen LogP contribution in [-0.4, -0.2) is 18.8 Å². The number of hydrogen-bond donors (Lipinski definition) is 1. The van der Waals surface area contributed by atoms with E-state index < -0.39 is 13.7 Å². The zero-order chi connectivity index (χ0) is 21.9. The molecule has 30 heavy (non-hydrogen) atoms. The van der Waals surface area contributed by atoms with Crippen molar-refractivity contribution in [3.63, 3.8) is 0 Å². The molecule has 0 aliphatic heterocycles. The van der Waals surface area contributed by atoms with Crippen LogP contribution in [0.15, 0.2) is 43.0 Å². The van der Waals surface area contributed by atoms with Gasteiger partial charge in [-0.1, -0.05) is 133 Å². The molecule has 1 fully saturated rings. The highest BCUT2D eigenvalue weighted by molar-refractivity contribution is 6.80. The predicted molar refractivity (Wildman–Crippen MR) is 136 cm³/mol. The average molecular weight is 429 g/mol. The van der Waals surface area contributed by atoms with Gasteiger partial charge >= 0.3 is 0 Å². The first-order valence-electron chi connectivity index (χ1n) is 12.9. The summed E-state index contributed by atoms with van der Waals surface area (Å²) in [6.45, 7) is 11.4. The van der Waals surface area contributed by atoms with E-state index in [1.165, 1.54) is 74.7 Å². The third-order valence-corrected chi connectivity index (χ3v) is 13.5. The zero-order valence-corrected chi connectivity index (χ0v) is 21.2. The molecule has 1 aromatic rings. The second kappa shape index (κ2) is 12.2. The molecule has 1 N–H and O–H groups in total. The van der Waals surface area contributed by atoms with Gasteiger partial charge in [0.15, 0.2) is 0 Å². The summed E-state index contributed by atoms with van der Waals surface area (Å²) in [6, 6.07) is 16.4. The monoisotopic (exact) mass is 428 g/mol. The van der Waals surface area contributed by atoms with E-state index >= 15 is 0 Å². The van der Waals surface area contributed by atoms with Crippen LogP contribution in [0.25, 0.3) is 0 Å². The van der Waals surface area contributed by atoms with Crippen molar-refractivity contribution in [3.8, 4) is 0 Å².